The minimum atomic E-state index is -0.0735. The molecule has 8 rings (SSSR count). The van der Waals surface area contributed by atoms with Crippen LogP contribution in [0.25, 0.3) is 43.7 Å². The zero-order chi connectivity index (χ0) is 31.3. The van der Waals surface area contributed by atoms with E-state index in [-0.39, 0.29) is 5.54 Å². The summed E-state index contributed by atoms with van der Waals surface area (Å²) in [6.07, 6.45) is 6.69. The van der Waals surface area contributed by atoms with Gasteiger partial charge in [0, 0.05) is 38.9 Å². The van der Waals surface area contributed by atoms with Gasteiger partial charge in [0.15, 0.2) is 0 Å². The standard InChI is InChI=1S/C44H42N2/c1-44(2,3)46-42-21-13-12-20-39(42)40-27-26-36(30-43(40)46)45(35-24-22-32(23-25-35)31-14-6-4-7-15-31)37-28-34-18-10-11-19-38(34)41(29-37)33-16-8-5-9-17-33/h5,8-13,16-31H,4,6-7,14-15H2,1-3H3. The van der Waals surface area contributed by atoms with Crippen molar-refractivity contribution in [1.82, 2.24) is 4.57 Å². The first-order valence-corrected chi connectivity index (χ1v) is 17.0. The van der Waals surface area contributed by atoms with E-state index in [1.54, 1.807) is 0 Å². The summed E-state index contributed by atoms with van der Waals surface area (Å²) in [5.74, 6) is 0.681. The molecular weight excluding hydrogens is 556 g/mol. The molecule has 2 nitrogen and oxygen atoms in total. The van der Waals surface area contributed by atoms with Crippen LogP contribution in [0.3, 0.4) is 0 Å². The highest BCUT2D eigenvalue weighted by Gasteiger charge is 2.23. The van der Waals surface area contributed by atoms with E-state index >= 15 is 0 Å². The Hall–Kier alpha value is -4.82. The molecule has 1 heterocycles. The minimum absolute atomic E-state index is 0.0735. The molecule has 1 saturated carbocycles. The molecule has 0 amide bonds. The predicted molar refractivity (Wildman–Crippen MR) is 198 cm³/mol. The summed E-state index contributed by atoms with van der Waals surface area (Å²) in [5.41, 5.74) is 9.96. The minimum Gasteiger partial charge on any atom is -0.335 e. The van der Waals surface area contributed by atoms with E-state index in [4.69, 9.17) is 0 Å². The normalized spacial score (nSPS) is 14.3. The van der Waals surface area contributed by atoms with Gasteiger partial charge < -0.3 is 9.47 Å². The Morgan fingerprint density at radius 2 is 1.20 bits per heavy atom. The van der Waals surface area contributed by atoms with E-state index in [9.17, 15) is 0 Å². The Morgan fingerprint density at radius 3 is 1.96 bits per heavy atom. The summed E-state index contributed by atoms with van der Waals surface area (Å²) in [4.78, 5) is 2.47. The fourth-order valence-corrected chi connectivity index (χ4v) is 7.88. The van der Waals surface area contributed by atoms with Gasteiger partial charge in [0.05, 0.1) is 5.52 Å². The maximum absolute atomic E-state index is 2.52. The first-order valence-electron chi connectivity index (χ1n) is 17.0. The third kappa shape index (κ3) is 5.07. The van der Waals surface area contributed by atoms with E-state index in [0.717, 1.165) is 0 Å². The van der Waals surface area contributed by atoms with Gasteiger partial charge in [-0.05, 0) is 109 Å². The highest BCUT2D eigenvalue weighted by Crippen LogP contribution is 2.43. The molecule has 1 aliphatic carbocycles. The molecule has 1 aliphatic rings. The average molecular weight is 599 g/mol. The molecule has 0 aliphatic heterocycles. The van der Waals surface area contributed by atoms with E-state index in [1.807, 2.05) is 0 Å². The number of nitrogens with zero attached hydrogens (tertiary/aromatic N) is 2. The van der Waals surface area contributed by atoms with Gasteiger partial charge in [-0.25, -0.2) is 0 Å². The van der Waals surface area contributed by atoms with Gasteiger partial charge in [0.25, 0.3) is 0 Å². The molecule has 7 aromatic rings. The van der Waals surface area contributed by atoms with Crippen molar-refractivity contribution in [3.63, 3.8) is 0 Å². The lowest BCUT2D eigenvalue weighted by Gasteiger charge is -2.29. The van der Waals surface area contributed by atoms with Crippen LogP contribution in [0.5, 0.6) is 0 Å². The summed E-state index contributed by atoms with van der Waals surface area (Å²) in [6, 6.07) is 49.7. The fraction of sp³-hybridized carbons (Fsp3) is 0.227. The molecule has 0 atom stereocenters. The van der Waals surface area contributed by atoms with Crippen molar-refractivity contribution in [2.45, 2.75) is 64.3 Å². The van der Waals surface area contributed by atoms with Crippen molar-refractivity contribution >= 4 is 49.6 Å². The quantitative estimate of drug-likeness (QED) is 0.191. The zero-order valence-electron chi connectivity index (χ0n) is 27.2. The van der Waals surface area contributed by atoms with Crippen LogP contribution in [0.1, 0.15) is 64.4 Å². The molecular formula is C44H42N2. The Labute approximate surface area is 272 Å². The van der Waals surface area contributed by atoms with Crippen molar-refractivity contribution in [3.05, 3.63) is 139 Å². The first-order chi connectivity index (χ1) is 22.5. The second kappa shape index (κ2) is 11.5. The summed E-state index contributed by atoms with van der Waals surface area (Å²) < 4.78 is 2.52. The number of benzene rings is 6. The highest BCUT2D eigenvalue weighted by atomic mass is 15.1. The topological polar surface area (TPSA) is 8.17 Å². The number of rotatable bonds is 5. The number of para-hydroxylation sites is 1. The van der Waals surface area contributed by atoms with E-state index in [2.05, 4.69) is 164 Å². The van der Waals surface area contributed by atoms with Gasteiger partial charge in [0.1, 0.15) is 0 Å². The summed E-state index contributed by atoms with van der Waals surface area (Å²) in [5, 5.41) is 5.12. The fourth-order valence-electron chi connectivity index (χ4n) is 7.88. The number of aromatic nitrogens is 1. The Kier molecular flexibility index (Phi) is 7.17. The molecule has 0 saturated heterocycles. The molecule has 1 aromatic heterocycles. The third-order valence-electron chi connectivity index (χ3n) is 10.0. The molecule has 46 heavy (non-hydrogen) atoms. The number of fused-ring (bicyclic) bond motifs is 4. The third-order valence-corrected chi connectivity index (χ3v) is 10.0. The molecule has 2 heteroatoms. The van der Waals surface area contributed by atoms with Crippen molar-refractivity contribution in [2.75, 3.05) is 4.90 Å². The van der Waals surface area contributed by atoms with Crippen molar-refractivity contribution in [3.8, 4) is 11.1 Å². The van der Waals surface area contributed by atoms with Crippen LogP contribution in [0, 0.1) is 0 Å². The lowest BCUT2D eigenvalue weighted by atomic mass is 9.84. The van der Waals surface area contributed by atoms with Crippen LogP contribution in [0.2, 0.25) is 0 Å². The first kappa shape index (κ1) is 28.6. The second-order valence-electron chi connectivity index (χ2n) is 14.1. The Bertz CT molecular complexity index is 2160. The number of anilines is 3. The molecule has 0 bridgehead atoms. The van der Waals surface area contributed by atoms with Crippen LogP contribution >= 0.6 is 0 Å². The zero-order valence-corrected chi connectivity index (χ0v) is 27.2. The predicted octanol–water partition coefficient (Wildman–Crippen LogP) is 12.9. The number of hydrogen-bond donors (Lipinski definition) is 0. The summed E-state index contributed by atoms with van der Waals surface area (Å²) in [6.45, 7) is 6.92. The largest absolute Gasteiger partial charge is 0.335 e. The van der Waals surface area contributed by atoms with Crippen molar-refractivity contribution in [1.29, 1.82) is 0 Å². The number of hydrogen-bond acceptors (Lipinski definition) is 1. The van der Waals surface area contributed by atoms with Gasteiger partial charge in [-0.3, -0.25) is 0 Å². The molecule has 0 unspecified atom stereocenters. The van der Waals surface area contributed by atoms with Gasteiger partial charge in [-0.15, -0.1) is 0 Å². The monoisotopic (exact) mass is 598 g/mol. The SMILES string of the molecule is CC(C)(C)n1c2ccccc2c2ccc(N(c3ccc(C4CCCCC4)cc3)c3cc(-c4ccccc4)c4ccccc4c3)cc21. The van der Waals surface area contributed by atoms with E-state index in [1.165, 1.54) is 98.4 Å². The molecule has 6 aromatic carbocycles. The van der Waals surface area contributed by atoms with Gasteiger partial charge in [-0.1, -0.05) is 110 Å². The Morgan fingerprint density at radius 1 is 0.543 bits per heavy atom. The van der Waals surface area contributed by atoms with Crippen LogP contribution in [0.4, 0.5) is 17.1 Å². The van der Waals surface area contributed by atoms with Crippen LogP contribution in [0.15, 0.2) is 133 Å². The van der Waals surface area contributed by atoms with Crippen molar-refractivity contribution < 1.29 is 0 Å². The van der Waals surface area contributed by atoms with Crippen LogP contribution in [-0.4, -0.2) is 4.57 Å². The average Bonchev–Trinajstić information content (AvgIpc) is 3.44. The van der Waals surface area contributed by atoms with Gasteiger partial charge in [-0.2, -0.15) is 0 Å². The maximum atomic E-state index is 2.52. The van der Waals surface area contributed by atoms with E-state index in [0.29, 0.717) is 5.92 Å². The molecule has 1 fully saturated rings. The maximum Gasteiger partial charge on any atom is 0.0517 e. The second-order valence-corrected chi connectivity index (χ2v) is 14.1. The van der Waals surface area contributed by atoms with Crippen molar-refractivity contribution in [2.24, 2.45) is 0 Å². The summed E-state index contributed by atoms with van der Waals surface area (Å²) >= 11 is 0. The van der Waals surface area contributed by atoms with Crippen LogP contribution < -0.4 is 4.90 Å². The Balaban J connectivity index is 1.36. The van der Waals surface area contributed by atoms with Gasteiger partial charge >= 0.3 is 0 Å². The van der Waals surface area contributed by atoms with Gasteiger partial charge in [0.2, 0.25) is 0 Å². The lowest BCUT2D eigenvalue weighted by Crippen LogP contribution is -2.21. The van der Waals surface area contributed by atoms with Crippen LogP contribution in [-0.2, 0) is 5.54 Å². The molecule has 0 radical (unpaired) electrons. The smallest absolute Gasteiger partial charge is 0.0517 e. The summed E-state index contributed by atoms with van der Waals surface area (Å²) in [7, 11) is 0. The molecule has 228 valence electrons. The molecule has 0 N–H and O–H groups in total. The molecule has 0 spiro atoms. The lowest BCUT2D eigenvalue weighted by molar-refractivity contribution is 0.423. The highest BCUT2D eigenvalue weighted by molar-refractivity contribution is 6.09. The van der Waals surface area contributed by atoms with E-state index < -0.39 is 0 Å².